The first-order valence-corrected chi connectivity index (χ1v) is 7.44. The van der Waals surface area contributed by atoms with Crippen molar-refractivity contribution in [1.29, 1.82) is 0 Å². The van der Waals surface area contributed by atoms with Crippen LogP contribution in [0.25, 0.3) is 5.57 Å². The van der Waals surface area contributed by atoms with Crippen molar-refractivity contribution in [3.8, 4) is 0 Å². The third kappa shape index (κ3) is 2.96. The number of aromatic nitrogens is 1. The van der Waals surface area contributed by atoms with E-state index in [1.165, 1.54) is 5.57 Å². The van der Waals surface area contributed by atoms with E-state index in [1.54, 1.807) is 0 Å². The summed E-state index contributed by atoms with van der Waals surface area (Å²) >= 11 is 0. The van der Waals surface area contributed by atoms with Crippen molar-refractivity contribution in [2.75, 3.05) is 13.1 Å². The molecule has 1 aliphatic heterocycles. The number of carbonyl (C=O) groups is 1. The molecule has 114 valence electrons. The van der Waals surface area contributed by atoms with Gasteiger partial charge in [-0.1, -0.05) is 11.2 Å². The van der Waals surface area contributed by atoms with Crippen LogP contribution in [0.5, 0.6) is 0 Å². The third-order valence-electron chi connectivity index (χ3n) is 3.99. The molecule has 0 spiro atoms. The second-order valence-corrected chi connectivity index (χ2v) is 7.04. The fraction of sp³-hybridized carbons (Fsp3) is 0.625. The average molecular weight is 290 g/mol. The molecule has 1 amide bonds. The molecule has 3 rings (SSSR count). The van der Waals surface area contributed by atoms with Crippen molar-refractivity contribution < 1.29 is 14.1 Å². The average Bonchev–Trinajstić information content (AvgIpc) is 2.98. The van der Waals surface area contributed by atoms with Crippen molar-refractivity contribution in [3.63, 3.8) is 0 Å². The van der Waals surface area contributed by atoms with E-state index in [0.29, 0.717) is 11.8 Å². The number of allylic oxidation sites excluding steroid dienone is 1. The molecule has 1 aromatic heterocycles. The van der Waals surface area contributed by atoms with Gasteiger partial charge in [-0.3, -0.25) is 0 Å². The van der Waals surface area contributed by atoms with Crippen LogP contribution in [-0.2, 0) is 4.74 Å². The van der Waals surface area contributed by atoms with Gasteiger partial charge in [0.05, 0.1) is 5.69 Å². The maximum Gasteiger partial charge on any atom is 0.410 e. The summed E-state index contributed by atoms with van der Waals surface area (Å²) in [7, 11) is 0. The lowest BCUT2D eigenvalue weighted by molar-refractivity contribution is 0.0285. The van der Waals surface area contributed by atoms with E-state index in [9.17, 15) is 4.79 Å². The highest BCUT2D eigenvalue weighted by Gasteiger charge is 2.40. The van der Waals surface area contributed by atoms with Gasteiger partial charge < -0.3 is 14.2 Å². The maximum absolute atomic E-state index is 12.1. The molecule has 2 aliphatic rings. The molecule has 1 aromatic rings. The summed E-state index contributed by atoms with van der Waals surface area (Å²) in [6, 6.07) is 1.97. The monoisotopic (exact) mass is 290 g/mol. The van der Waals surface area contributed by atoms with Gasteiger partial charge in [0.1, 0.15) is 5.60 Å². The SMILES string of the molecule is Cc1cc(C2=CC3CN(C(=O)OC(C)(C)C)CC3C2)on1. The second-order valence-electron chi connectivity index (χ2n) is 7.04. The van der Waals surface area contributed by atoms with Gasteiger partial charge in [0.15, 0.2) is 5.76 Å². The highest BCUT2D eigenvalue weighted by atomic mass is 16.6. The number of aryl methyl sites for hydroxylation is 1. The zero-order valence-corrected chi connectivity index (χ0v) is 13.0. The van der Waals surface area contributed by atoms with E-state index >= 15 is 0 Å². The normalized spacial score (nSPS) is 25.0. The topological polar surface area (TPSA) is 55.6 Å². The van der Waals surface area contributed by atoms with Crippen LogP contribution in [0.15, 0.2) is 16.7 Å². The summed E-state index contributed by atoms with van der Waals surface area (Å²) in [5, 5.41) is 3.94. The van der Waals surface area contributed by atoms with Crippen molar-refractivity contribution in [2.24, 2.45) is 11.8 Å². The number of likely N-dealkylation sites (tertiary alicyclic amines) is 1. The number of ether oxygens (including phenoxy) is 1. The summed E-state index contributed by atoms with van der Waals surface area (Å²) in [5.41, 5.74) is 1.68. The van der Waals surface area contributed by atoms with Crippen molar-refractivity contribution in [1.82, 2.24) is 10.1 Å². The Hall–Kier alpha value is -1.78. The number of rotatable bonds is 1. The number of hydrogen-bond acceptors (Lipinski definition) is 4. The number of amides is 1. The second kappa shape index (κ2) is 4.90. The van der Waals surface area contributed by atoms with E-state index in [-0.39, 0.29) is 6.09 Å². The van der Waals surface area contributed by atoms with E-state index in [4.69, 9.17) is 9.26 Å². The maximum atomic E-state index is 12.1. The molecule has 5 heteroatoms. The Morgan fingerprint density at radius 3 is 2.76 bits per heavy atom. The number of hydrogen-bond donors (Lipinski definition) is 0. The van der Waals surface area contributed by atoms with Gasteiger partial charge in [-0.25, -0.2) is 4.79 Å². The van der Waals surface area contributed by atoms with E-state index < -0.39 is 5.60 Å². The van der Waals surface area contributed by atoms with E-state index in [1.807, 2.05) is 38.7 Å². The minimum Gasteiger partial charge on any atom is -0.444 e. The van der Waals surface area contributed by atoms with Gasteiger partial charge in [-0.05, 0) is 45.6 Å². The molecule has 5 nitrogen and oxygen atoms in total. The Labute approximate surface area is 124 Å². The van der Waals surface area contributed by atoms with Gasteiger partial charge in [-0.15, -0.1) is 0 Å². The number of nitrogens with zero attached hydrogens (tertiary/aromatic N) is 2. The van der Waals surface area contributed by atoms with Gasteiger partial charge in [0.25, 0.3) is 0 Å². The Balaban J connectivity index is 1.65. The number of fused-ring (bicyclic) bond motifs is 1. The molecule has 2 heterocycles. The van der Waals surface area contributed by atoms with Gasteiger partial charge in [0.2, 0.25) is 0 Å². The summed E-state index contributed by atoms with van der Waals surface area (Å²) in [6.07, 6.45) is 2.97. The minimum atomic E-state index is -0.437. The molecule has 2 atom stereocenters. The van der Waals surface area contributed by atoms with Crippen LogP contribution in [0, 0.1) is 18.8 Å². The molecule has 1 fully saturated rings. The van der Waals surface area contributed by atoms with Gasteiger partial charge >= 0.3 is 6.09 Å². The summed E-state index contributed by atoms with van der Waals surface area (Å²) in [4.78, 5) is 13.9. The van der Waals surface area contributed by atoms with Gasteiger partial charge in [0, 0.05) is 25.1 Å². The van der Waals surface area contributed by atoms with Crippen LogP contribution in [0.3, 0.4) is 0 Å². The minimum absolute atomic E-state index is 0.206. The smallest absolute Gasteiger partial charge is 0.410 e. The first-order valence-electron chi connectivity index (χ1n) is 7.44. The molecule has 21 heavy (non-hydrogen) atoms. The highest BCUT2D eigenvalue weighted by molar-refractivity contribution is 5.70. The van der Waals surface area contributed by atoms with Crippen LogP contribution in [-0.4, -0.2) is 34.8 Å². The molecule has 0 radical (unpaired) electrons. The highest BCUT2D eigenvalue weighted by Crippen LogP contribution is 2.41. The Morgan fingerprint density at radius 1 is 1.43 bits per heavy atom. The van der Waals surface area contributed by atoms with E-state index in [0.717, 1.165) is 31.0 Å². The largest absolute Gasteiger partial charge is 0.444 e. The predicted molar refractivity (Wildman–Crippen MR) is 78.6 cm³/mol. The standard InChI is InChI=1S/C16H22N2O3/c1-10-5-14(21-17-10)11-6-12-8-18(9-13(12)7-11)15(19)20-16(2,3)4/h5-6,12-13H,7-9H2,1-4H3. The third-order valence-corrected chi connectivity index (χ3v) is 3.99. The van der Waals surface area contributed by atoms with Crippen LogP contribution < -0.4 is 0 Å². The first kappa shape index (κ1) is 14.2. The predicted octanol–water partition coefficient (Wildman–Crippen LogP) is 3.25. The Bertz CT molecular complexity index is 583. The summed E-state index contributed by atoms with van der Waals surface area (Å²) in [5.74, 6) is 1.74. The van der Waals surface area contributed by atoms with E-state index in [2.05, 4.69) is 11.2 Å². The quantitative estimate of drug-likeness (QED) is 0.796. The lowest BCUT2D eigenvalue weighted by atomic mass is 9.99. The van der Waals surface area contributed by atoms with Crippen LogP contribution in [0.2, 0.25) is 0 Å². The van der Waals surface area contributed by atoms with Gasteiger partial charge in [-0.2, -0.15) is 0 Å². The van der Waals surface area contributed by atoms with Crippen molar-refractivity contribution >= 4 is 11.7 Å². The zero-order valence-electron chi connectivity index (χ0n) is 13.0. The summed E-state index contributed by atoms with van der Waals surface area (Å²) < 4.78 is 10.8. The zero-order chi connectivity index (χ0) is 15.2. The van der Waals surface area contributed by atoms with Crippen LogP contribution >= 0.6 is 0 Å². The lowest BCUT2D eigenvalue weighted by Gasteiger charge is -2.24. The molecule has 0 saturated carbocycles. The number of carbonyl (C=O) groups excluding carboxylic acids is 1. The lowest BCUT2D eigenvalue weighted by Crippen LogP contribution is -2.35. The molecular weight excluding hydrogens is 268 g/mol. The summed E-state index contributed by atoms with van der Waals surface area (Å²) in [6.45, 7) is 9.10. The molecule has 0 bridgehead atoms. The molecule has 0 aromatic carbocycles. The first-order chi connectivity index (χ1) is 9.82. The molecule has 1 saturated heterocycles. The van der Waals surface area contributed by atoms with Crippen molar-refractivity contribution in [2.45, 2.75) is 39.7 Å². The molecule has 1 aliphatic carbocycles. The Kier molecular flexibility index (Phi) is 3.30. The molecule has 0 N–H and O–H groups in total. The van der Waals surface area contributed by atoms with Crippen LogP contribution in [0.1, 0.15) is 38.6 Å². The Morgan fingerprint density at radius 2 is 2.19 bits per heavy atom. The fourth-order valence-electron chi connectivity index (χ4n) is 3.08. The fourth-order valence-corrected chi connectivity index (χ4v) is 3.08. The van der Waals surface area contributed by atoms with Crippen molar-refractivity contribution in [3.05, 3.63) is 23.6 Å². The van der Waals surface area contributed by atoms with Crippen LogP contribution in [0.4, 0.5) is 4.79 Å². The molecule has 2 unspecified atom stereocenters. The molecular formula is C16H22N2O3.